The molecular formula is C27H36N8O3. The highest BCUT2D eigenvalue weighted by molar-refractivity contribution is 5.69. The van der Waals surface area contributed by atoms with Gasteiger partial charge in [0.25, 0.3) is 0 Å². The molecule has 1 fully saturated rings. The number of pyridine rings is 1. The van der Waals surface area contributed by atoms with Crippen LogP contribution in [0.3, 0.4) is 0 Å². The van der Waals surface area contributed by atoms with Crippen LogP contribution in [0.1, 0.15) is 5.56 Å². The fourth-order valence-corrected chi connectivity index (χ4v) is 4.38. The smallest absolute Gasteiger partial charge is 0.317 e. The maximum absolute atomic E-state index is 11.0. The van der Waals surface area contributed by atoms with E-state index in [1.165, 1.54) is 0 Å². The average Bonchev–Trinajstić information content (AvgIpc) is 2.93. The predicted octanol–water partition coefficient (Wildman–Crippen LogP) is 2.15. The molecule has 0 saturated carbocycles. The van der Waals surface area contributed by atoms with Crippen molar-refractivity contribution >= 4 is 23.4 Å². The minimum atomic E-state index is -0.786. The van der Waals surface area contributed by atoms with Crippen LogP contribution in [0.2, 0.25) is 0 Å². The van der Waals surface area contributed by atoms with Gasteiger partial charge in [-0.1, -0.05) is 0 Å². The number of nitrogens with one attached hydrogen (secondary N) is 2. The van der Waals surface area contributed by atoms with Crippen LogP contribution in [0.15, 0.2) is 48.8 Å². The summed E-state index contributed by atoms with van der Waals surface area (Å²) in [7, 11) is 5.63. The summed E-state index contributed by atoms with van der Waals surface area (Å²) >= 11 is 0. The Balaban J connectivity index is 1.42. The molecular weight excluding hydrogens is 484 g/mol. The standard InChI is InChI=1S/C27H36N8O3/c1-28-10-11-33(2)25-7-4-20(17-30-25)23-8-9-29-27(32-23)31-22-5-6-24(38-3)21(16-22)18-34-12-14-35(15-13-34)19-26(36)37/h4-9,16-17,28H,10-15,18-19H2,1-3H3,(H,36,37)(H,29,31,32). The highest BCUT2D eigenvalue weighted by atomic mass is 16.5. The monoisotopic (exact) mass is 520 g/mol. The summed E-state index contributed by atoms with van der Waals surface area (Å²) in [5, 5.41) is 15.5. The maximum atomic E-state index is 11.0. The highest BCUT2D eigenvalue weighted by Gasteiger charge is 2.20. The Kier molecular flexibility index (Phi) is 9.41. The summed E-state index contributed by atoms with van der Waals surface area (Å²) in [6.07, 6.45) is 3.57. The first-order valence-corrected chi connectivity index (χ1v) is 12.7. The van der Waals surface area contributed by atoms with E-state index in [9.17, 15) is 4.79 Å². The normalized spacial score (nSPS) is 14.3. The molecule has 38 heavy (non-hydrogen) atoms. The molecule has 0 spiro atoms. The molecule has 0 radical (unpaired) electrons. The number of hydrogen-bond acceptors (Lipinski definition) is 10. The van der Waals surface area contributed by atoms with Crippen molar-refractivity contribution in [3.63, 3.8) is 0 Å². The topological polar surface area (TPSA) is 119 Å². The van der Waals surface area contributed by atoms with E-state index >= 15 is 0 Å². The Labute approximate surface area is 223 Å². The molecule has 3 aromatic rings. The van der Waals surface area contributed by atoms with Crippen molar-refractivity contribution in [3.8, 4) is 17.0 Å². The van der Waals surface area contributed by atoms with E-state index in [4.69, 9.17) is 14.8 Å². The lowest BCUT2D eigenvalue weighted by atomic mass is 10.1. The van der Waals surface area contributed by atoms with Crippen molar-refractivity contribution in [1.29, 1.82) is 0 Å². The van der Waals surface area contributed by atoms with Crippen molar-refractivity contribution in [1.82, 2.24) is 30.1 Å². The number of carboxylic acid groups (broad SMARTS) is 1. The Morgan fingerprint density at radius 1 is 1.11 bits per heavy atom. The predicted molar refractivity (Wildman–Crippen MR) is 148 cm³/mol. The van der Waals surface area contributed by atoms with Gasteiger partial charge >= 0.3 is 5.97 Å². The average molecular weight is 521 g/mol. The van der Waals surface area contributed by atoms with Crippen LogP contribution >= 0.6 is 0 Å². The summed E-state index contributed by atoms with van der Waals surface area (Å²) in [5.74, 6) is 1.43. The number of benzene rings is 1. The quantitative estimate of drug-likeness (QED) is 0.326. The zero-order chi connectivity index (χ0) is 26.9. The molecule has 0 aliphatic carbocycles. The zero-order valence-electron chi connectivity index (χ0n) is 22.2. The lowest BCUT2D eigenvalue weighted by molar-refractivity contribution is -0.138. The van der Waals surface area contributed by atoms with Gasteiger partial charge in [-0.15, -0.1) is 0 Å². The van der Waals surface area contributed by atoms with Crippen LogP contribution in [0.25, 0.3) is 11.3 Å². The second kappa shape index (κ2) is 13.1. The van der Waals surface area contributed by atoms with Crippen LogP contribution in [-0.2, 0) is 11.3 Å². The van der Waals surface area contributed by atoms with Crippen LogP contribution in [0.5, 0.6) is 5.75 Å². The van der Waals surface area contributed by atoms with Gasteiger partial charge in [-0.05, 0) is 43.4 Å². The van der Waals surface area contributed by atoms with Gasteiger partial charge in [0.05, 0.1) is 19.3 Å². The van der Waals surface area contributed by atoms with Gasteiger partial charge in [0.15, 0.2) is 0 Å². The number of methoxy groups -OCH3 is 1. The third-order valence-electron chi connectivity index (χ3n) is 6.54. The molecule has 0 unspecified atom stereocenters. The summed E-state index contributed by atoms with van der Waals surface area (Å²) in [6.45, 7) is 5.62. The van der Waals surface area contributed by atoms with E-state index in [2.05, 4.69) is 36.5 Å². The van der Waals surface area contributed by atoms with Crippen molar-refractivity contribution < 1.29 is 14.6 Å². The minimum Gasteiger partial charge on any atom is -0.496 e. The number of likely N-dealkylation sites (N-methyl/N-ethyl adjacent to an activating group) is 2. The maximum Gasteiger partial charge on any atom is 0.317 e. The van der Waals surface area contributed by atoms with Crippen molar-refractivity contribution in [2.24, 2.45) is 0 Å². The fraction of sp³-hybridized carbons (Fsp3) is 0.407. The summed E-state index contributed by atoms with van der Waals surface area (Å²) in [5.41, 5.74) is 3.61. The number of rotatable bonds is 12. The van der Waals surface area contributed by atoms with Crippen molar-refractivity contribution in [2.75, 3.05) is 77.2 Å². The Bertz CT molecular complexity index is 1200. The lowest BCUT2D eigenvalue weighted by Gasteiger charge is -2.34. The van der Waals surface area contributed by atoms with Crippen molar-refractivity contribution in [2.45, 2.75) is 6.54 Å². The third kappa shape index (κ3) is 7.37. The number of nitrogens with zero attached hydrogens (tertiary/aromatic N) is 6. The SMILES string of the molecule is CNCCN(C)c1ccc(-c2ccnc(Nc3ccc(OC)c(CN4CCN(CC(=O)O)CC4)c3)n2)cn1. The molecule has 1 aliphatic rings. The second-order valence-electron chi connectivity index (χ2n) is 9.29. The summed E-state index contributed by atoms with van der Waals surface area (Å²) in [6, 6.07) is 11.8. The largest absolute Gasteiger partial charge is 0.496 e. The van der Waals surface area contributed by atoms with Crippen molar-refractivity contribution in [3.05, 3.63) is 54.4 Å². The summed E-state index contributed by atoms with van der Waals surface area (Å²) < 4.78 is 5.60. The first kappa shape index (κ1) is 27.2. The van der Waals surface area contributed by atoms with Gasteiger partial charge in [-0.3, -0.25) is 14.6 Å². The van der Waals surface area contributed by atoms with Crippen LogP contribution in [0.4, 0.5) is 17.5 Å². The van der Waals surface area contributed by atoms with Gasteiger partial charge in [-0.25, -0.2) is 15.0 Å². The molecule has 11 nitrogen and oxygen atoms in total. The number of aliphatic carboxylic acids is 1. The van der Waals surface area contributed by atoms with E-state index in [-0.39, 0.29) is 6.54 Å². The van der Waals surface area contributed by atoms with Gasteiger partial charge in [-0.2, -0.15) is 0 Å². The molecule has 1 aliphatic heterocycles. The first-order chi connectivity index (χ1) is 18.4. The number of carboxylic acids is 1. The lowest BCUT2D eigenvalue weighted by Crippen LogP contribution is -2.47. The number of anilines is 3. The Morgan fingerprint density at radius 2 is 1.89 bits per heavy atom. The van der Waals surface area contributed by atoms with E-state index in [1.54, 1.807) is 13.3 Å². The molecule has 3 N–H and O–H groups in total. The highest BCUT2D eigenvalue weighted by Crippen LogP contribution is 2.27. The van der Waals surface area contributed by atoms with Gasteiger partial charge in [0, 0.05) is 82.1 Å². The van der Waals surface area contributed by atoms with E-state index in [1.807, 2.05) is 55.5 Å². The van der Waals surface area contributed by atoms with E-state index in [0.29, 0.717) is 12.5 Å². The molecule has 11 heteroatoms. The summed E-state index contributed by atoms with van der Waals surface area (Å²) in [4.78, 5) is 31.1. The van der Waals surface area contributed by atoms with Gasteiger partial charge < -0.3 is 25.4 Å². The fourth-order valence-electron chi connectivity index (χ4n) is 4.38. The molecule has 2 aromatic heterocycles. The number of ether oxygens (including phenoxy) is 1. The zero-order valence-corrected chi connectivity index (χ0v) is 22.2. The molecule has 1 aromatic carbocycles. The van der Waals surface area contributed by atoms with E-state index < -0.39 is 5.97 Å². The molecule has 202 valence electrons. The second-order valence-corrected chi connectivity index (χ2v) is 9.29. The van der Waals surface area contributed by atoms with Crippen LogP contribution in [0, 0.1) is 0 Å². The molecule has 0 atom stereocenters. The Morgan fingerprint density at radius 3 is 2.58 bits per heavy atom. The van der Waals surface area contributed by atoms with Crippen LogP contribution < -0.4 is 20.3 Å². The molecule has 3 heterocycles. The molecule has 1 saturated heterocycles. The van der Waals surface area contributed by atoms with E-state index in [0.717, 1.165) is 73.3 Å². The minimum absolute atomic E-state index is 0.0869. The Hall–Kier alpha value is -3.80. The van der Waals surface area contributed by atoms with Gasteiger partial charge in [0.2, 0.25) is 5.95 Å². The number of hydrogen-bond donors (Lipinski definition) is 3. The molecule has 0 amide bonds. The third-order valence-corrected chi connectivity index (χ3v) is 6.54. The number of piperazine rings is 1. The first-order valence-electron chi connectivity index (χ1n) is 12.7. The molecule has 4 rings (SSSR count). The number of carbonyl (C=O) groups is 1. The van der Waals surface area contributed by atoms with Crippen LogP contribution in [-0.4, -0.2) is 103 Å². The van der Waals surface area contributed by atoms with Gasteiger partial charge in [0.1, 0.15) is 11.6 Å². The number of aromatic nitrogens is 3. The molecule has 0 bridgehead atoms.